The second-order valence-corrected chi connectivity index (χ2v) is 5.69. The maximum atomic E-state index is 12.1. The van der Waals surface area contributed by atoms with Crippen molar-refractivity contribution in [1.29, 1.82) is 0 Å². The van der Waals surface area contributed by atoms with E-state index in [4.69, 9.17) is 15.6 Å². The van der Waals surface area contributed by atoms with Crippen LogP contribution in [0.15, 0.2) is 0 Å². The first-order valence-corrected chi connectivity index (χ1v) is 6.09. The number of rotatable bonds is 3. The monoisotopic (exact) mass is 258 g/mol. The molecule has 0 spiro atoms. The highest BCUT2D eigenvalue weighted by atomic mass is 16.5. The minimum atomic E-state index is -1.03. The number of carbonyl (C=O) groups excluding carboxylic acids is 1. The van der Waals surface area contributed by atoms with Crippen molar-refractivity contribution in [2.24, 2.45) is 11.1 Å². The van der Waals surface area contributed by atoms with E-state index < -0.39 is 12.0 Å². The second-order valence-electron chi connectivity index (χ2n) is 5.69. The molecule has 0 aromatic rings. The number of carbonyl (C=O) groups is 2. The van der Waals surface area contributed by atoms with Crippen LogP contribution in [0, 0.1) is 5.41 Å². The van der Waals surface area contributed by atoms with Crippen molar-refractivity contribution in [3.8, 4) is 0 Å². The van der Waals surface area contributed by atoms with E-state index in [1.54, 1.807) is 0 Å². The van der Waals surface area contributed by atoms with Gasteiger partial charge in [-0.15, -0.1) is 0 Å². The number of nitrogens with zero attached hydrogens (tertiary/aromatic N) is 1. The van der Waals surface area contributed by atoms with E-state index in [2.05, 4.69) is 0 Å². The molecule has 0 saturated carbocycles. The number of hydrogen-bond acceptors (Lipinski definition) is 4. The van der Waals surface area contributed by atoms with Crippen LogP contribution in [0.2, 0.25) is 0 Å². The molecule has 0 bridgehead atoms. The number of morpholine rings is 1. The number of carboxylic acid groups (broad SMARTS) is 1. The summed E-state index contributed by atoms with van der Waals surface area (Å²) in [4.78, 5) is 24.5. The molecule has 104 valence electrons. The predicted molar refractivity (Wildman–Crippen MR) is 66.0 cm³/mol. The van der Waals surface area contributed by atoms with Gasteiger partial charge in [0.05, 0.1) is 13.2 Å². The maximum Gasteiger partial charge on any atom is 0.328 e. The Morgan fingerprint density at radius 1 is 1.50 bits per heavy atom. The zero-order valence-electron chi connectivity index (χ0n) is 11.2. The molecule has 1 heterocycles. The molecule has 2 atom stereocenters. The van der Waals surface area contributed by atoms with Gasteiger partial charge in [0.25, 0.3) is 0 Å². The molecule has 6 heteroatoms. The molecular weight excluding hydrogens is 236 g/mol. The van der Waals surface area contributed by atoms with Crippen LogP contribution in [0.4, 0.5) is 0 Å². The van der Waals surface area contributed by atoms with Crippen molar-refractivity contribution < 1.29 is 19.4 Å². The van der Waals surface area contributed by atoms with Crippen molar-refractivity contribution >= 4 is 11.9 Å². The highest BCUT2D eigenvalue weighted by molar-refractivity contribution is 5.84. The van der Waals surface area contributed by atoms with Crippen molar-refractivity contribution in [1.82, 2.24) is 4.90 Å². The quantitative estimate of drug-likeness (QED) is 0.747. The molecule has 1 aliphatic rings. The summed E-state index contributed by atoms with van der Waals surface area (Å²) in [7, 11) is 0. The number of ether oxygens (including phenoxy) is 1. The van der Waals surface area contributed by atoms with Crippen LogP contribution < -0.4 is 5.73 Å². The fourth-order valence-electron chi connectivity index (χ4n) is 1.72. The van der Waals surface area contributed by atoms with E-state index >= 15 is 0 Å². The summed E-state index contributed by atoms with van der Waals surface area (Å²) in [5, 5.41) is 9.05. The Morgan fingerprint density at radius 3 is 2.61 bits per heavy atom. The Bertz CT molecular complexity index is 325. The lowest BCUT2D eigenvalue weighted by molar-refractivity contribution is -0.158. The number of aliphatic carboxylic acids is 1. The van der Waals surface area contributed by atoms with E-state index in [0.29, 0.717) is 13.2 Å². The third kappa shape index (κ3) is 3.68. The van der Waals surface area contributed by atoms with Gasteiger partial charge in [-0.3, -0.25) is 4.79 Å². The number of carboxylic acids is 1. The van der Waals surface area contributed by atoms with Crippen LogP contribution in [0.25, 0.3) is 0 Å². The molecule has 2 unspecified atom stereocenters. The van der Waals surface area contributed by atoms with Gasteiger partial charge in [-0.25, -0.2) is 4.79 Å². The summed E-state index contributed by atoms with van der Waals surface area (Å²) < 4.78 is 5.09. The van der Waals surface area contributed by atoms with Crippen LogP contribution in [0.3, 0.4) is 0 Å². The second kappa shape index (κ2) is 5.67. The lowest BCUT2D eigenvalue weighted by atomic mass is 9.85. The molecule has 1 fully saturated rings. The van der Waals surface area contributed by atoms with E-state index in [1.807, 2.05) is 20.8 Å². The average Bonchev–Trinajstić information content (AvgIpc) is 2.27. The Hall–Kier alpha value is -1.14. The van der Waals surface area contributed by atoms with Crippen molar-refractivity contribution in [3.63, 3.8) is 0 Å². The van der Waals surface area contributed by atoms with E-state index in [1.165, 1.54) is 4.90 Å². The fraction of sp³-hybridized carbons (Fsp3) is 0.833. The predicted octanol–water partition coefficient (Wildman–Crippen LogP) is 0.0619. The number of hydrogen-bond donors (Lipinski definition) is 2. The first kappa shape index (κ1) is 14.9. The Labute approximate surface area is 107 Å². The van der Waals surface area contributed by atoms with Crippen LogP contribution in [0.1, 0.15) is 27.2 Å². The summed E-state index contributed by atoms with van der Waals surface area (Å²) in [6.45, 7) is 6.61. The molecule has 0 aromatic heterocycles. The first-order valence-electron chi connectivity index (χ1n) is 6.09. The van der Waals surface area contributed by atoms with Gasteiger partial charge in [0.2, 0.25) is 5.91 Å². The summed E-state index contributed by atoms with van der Waals surface area (Å²) in [5.74, 6) is -1.25. The minimum Gasteiger partial charge on any atom is -0.480 e. The molecular formula is C12H22N2O4. The Kier molecular flexibility index (Phi) is 4.70. The zero-order chi connectivity index (χ0) is 13.9. The van der Waals surface area contributed by atoms with E-state index in [0.717, 1.165) is 0 Å². The standard InChI is InChI=1S/C12H22N2O4/c1-12(2,3)9(13)6-10(15)14-4-5-18-7-8(14)11(16)17/h8-9H,4-7,13H2,1-3H3,(H,16,17). The Morgan fingerprint density at radius 2 is 2.11 bits per heavy atom. The van der Waals surface area contributed by atoms with E-state index in [-0.39, 0.29) is 30.4 Å². The summed E-state index contributed by atoms with van der Waals surface area (Å²) >= 11 is 0. The number of amides is 1. The molecule has 0 aliphatic carbocycles. The molecule has 1 aliphatic heterocycles. The zero-order valence-corrected chi connectivity index (χ0v) is 11.2. The molecule has 0 radical (unpaired) electrons. The molecule has 6 nitrogen and oxygen atoms in total. The van der Waals surface area contributed by atoms with Gasteiger partial charge in [0, 0.05) is 19.0 Å². The van der Waals surface area contributed by atoms with Crippen LogP contribution in [0.5, 0.6) is 0 Å². The average molecular weight is 258 g/mol. The lowest BCUT2D eigenvalue weighted by Crippen LogP contribution is -2.54. The molecule has 18 heavy (non-hydrogen) atoms. The van der Waals surface area contributed by atoms with Gasteiger partial charge in [-0.05, 0) is 5.41 Å². The third-order valence-electron chi connectivity index (χ3n) is 3.24. The van der Waals surface area contributed by atoms with Crippen molar-refractivity contribution in [2.75, 3.05) is 19.8 Å². The molecule has 1 amide bonds. The summed E-state index contributed by atoms with van der Waals surface area (Å²) in [6.07, 6.45) is 0.160. The molecule has 1 rings (SSSR count). The highest BCUT2D eigenvalue weighted by Crippen LogP contribution is 2.21. The van der Waals surface area contributed by atoms with Crippen LogP contribution >= 0.6 is 0 Å². The first-order chi connectivity index (χ1) is 8.23. The van der Waals surface area contributed by atoms with Gasteiger partial charge in [-0.2, -0.15) is 0 Å². The summed E-state index contributed by atoms with van der Waals surface area (Å²) in [6, 6.07) is -1.18. The van der Waals surface area contributed by atoms with Gasteiger partial charge in [0.1, 0.15) is 0 Å². The molecule has 0 aromatic carbocycles. The van der Waals surface area contributed by atoms with Gasteiger partial charge in [0.15, 0.2) is 6.04 Å². The lowest BCUT2D eigenvalue weighted by Gasteiger charge is -2.35. The van der Waals surface area contributed by atoms with Crippen molar-refractivity contribution in [3.05, 3.63) is 0 Å². The van der Waals surface area contributed by atoms with Crippen LogP contribution in [-0.2, 0) is 14.3 Å². The Balaban J connectivity index is 2.67. The van der Waals surface area contributed by atoms with Crippen molar-refractivity contribution in [2.45, 2.75) is 39.3 Å². The molecule has 3 N–H and O–H groups in total. The summed E-state index contributed by atoms with van der Waals surface area (Å²) in [5.41, 5.74) is 5.77. The van der Waals surface area contributed by atoms with Gasteiger partial charge >= 0.3 is 5.97 Å². The normalized spacial score (nSPS) is 22.7. The number of nitrogens with two attached hydrogens (primary N) is 1. The highest BCUT2D eigenvalue weighted by Gasteiger charge is 2.34. The fourth-order valence-corrected chi connectivity index (χ4v) is 1.72. The van der Waals surface area contributed by atoms with Gasteiger partial charge < -0.3 is 20.5 Å². The SMILES string of the molecule is CC(C)(C)C(N)CC(=O)N1CCOCC1C(=O)O. The van der Waals surface area contributed by atoms with E-state index in [9.17, 15) is 9.59 Å². The van der Waals surface area contributed by atoms with Crippen LogP contribution in [-0.4, -0.2) is 53.7 Å². The topological polar surface area (TPSA) is 92.9 Å². The smallest absolute Gasteiger partial charge is 0.328 e. The minimum absolute atomic E-state index is 0.0474. The third-order valence-corrected chi connectivity index (χ3v) is 3.24. The largest absolute Gasteiger partial charge is 0.480 e. The molecule has 1 saturated heterocycles. The van der Waals surface area contributed by atoms with Gasteiger partial charge in [-0.1, -0.05) is 20.8 Å². The maximum absolute atomic E-state index is 12.1.